The number of hydrogen-bond donors (Lipinski definition) is 1. The molecule has 21 heavy (non-hydrogen) atoms. The van der Waals surface area contributed by atoms with Gasteiger partial charge in [-0.15, -0.1) is 0 Å². The largest absolute Gasteiger partial charge is 0.444 e. The Morgan fingerprint density at radius 2 is 2.05 bits per heavy atom. The second-order valence-corrected chi connectivity index (χ2v) is 6.21. The van der Waals surface area contributed by atoms with Crippen LogP contribution in [-0.2, 0) is 16.0 Å². The number of carbonyl (C=O) groups excluding carboxylic acids is 1. The van der Waals surface area contributed by atoms with E-state index in [1.807, 2.05) is 45.0 Å². The van der Waals surface area contributed by atoms with E-state index in [1.54, 1.807) is 4.90 Å². The van der Waals surface area contributed by atoms with Crippen molar-refractivity contribution in [3.8, 4) is 0 Å². The first-order valence-electron chi connectivity index (χ1n) is 7.27. The van der Waals surface area contributed by atoms with E-state index in [4.69, 9.17) is 15.2 Å². The summed E-state index contributed by atoms with van der Waals surface area (Å²) in [4.78, 5) is 14.1. The number of rotatable bonds is 2. The number of amides is 1. The highest BCUT2D eigenvalue weighted by Gasteiger charge is 2.31. The Hall–Kier alpha value is -1.59. The van der Waals surface area contributed by atoms with Crippen molar-refractivity contribution in [1.29, 1.82) is 0 Å². The SMILES string of the molecule is CC(C)(C)OC(=O)N1CCOCC1c1ccc(CN)cc1. The number of carbonyl (C=O) groups is 1. The first-order chi connectivity index (χ1) is 9.90. The van der Waals surface area contributed by atoms with Crippen LogP contribution in [0.15, 0.2) is 24.3 Å². The lowest BCUT2D eigenvalue weighted by Crippen LogP contribution is -2.45. The molecule has 5 heteroatoms. The van der Waals surface area contributed by atoms with E-state index in [-0.39, 0.29) is 12.1 Å². The van der Waals surface area contributed by atoms with Crippen LogP contribution in [0.25, 0.3) is 0 Å². The number of morpholine rings is 1. The molecule has 0 spiro atoms. The summed E-state index contributed by atoms with van der Waals surface area (Å²) in [5, 5.41) is 0. The predicted molar refractivity (Wildman–Crippen MR) is 80.8 cm³/mol. The lowest BCUT2D eigenvalue weighted by Gasteiger charge is -2.36. The molecule has 0 aromatic heterocycles. The minimum atomic E-state index is -0.497. The predicted octanol–water partition coefficient (Wildman–Crippen LogP) is 2.45. The van der Waals surface area contributed by atoms with E-state index in [0.29, 0.717) is 26.3 Å². The van der Waals surface area contributed by atoms with Crippen molar-refractivity contribution in [3.63, 3.8) is 0 Å². The Morgan fingerprint density at radius 3 is 2.62 bits per heavy atom. The van der Waals surface area contributed by atoms with E-state index in [9.17, 15) is 4.79 Å². The lowest BCUT2D eigenvalue weighted by atomic mass is 10.0. The Kier molecular flexibility index (Phi) is 4.85. The van der Waals surface area contributed by atoms with Crippen LogP contribution in [0.4, 0.5) is 4.79 Å². The molecule has 1 aliphatic heterocycles. The second kappa shape index (κ2) is 6.45. The van der Waals surface area contributed by atoms with Gasteiger partial charge in [0.05, 0.1) is 19.3 Å². The minimum absolute atomic E-state index is 0.111. The number of hydrogen-bond acceptors (Lipinski definition) is 4. The van der Waals surface area contributed by atoms with Crippen molar-refractivity contribution >= 4 is 6.09 Å². The zero-order valence-corrected chi connectivity index (χ0v) is 13.0. The Balaban J connectivity index is 2.16. The standard InChI is InChI=1S/C16H24N2O3/c1-16(2,3)21-15(19)18-8-9-20-11-14(18)13-6-4-12(10-17)5-7-13/h4-7,14H,8-11,17H2,1-3H3. The summed E-state index contributed by atoms with van der Waals surface area (Å²) in [7, 11) is 0. The van der Waals surface area contributed by atoms with Gasteiger partial charge in [-0.1, -0.05) is 24.3 Å². The molecule has 1 aromatic rings. The van der Waals surface area contributed by atoms with Crippen molar-refractivity contribution in [1.82, 2.24) is 4.90 Å². The van der Waals surface area contributed by atoms with E-state index in [2.05, 4.69) is 0 Å². The van der Waals surface area contributed by atoms with Gasteiger partial charge < -0.3 is 15.2 Å². The molecule has 2 rings (SSSR count). The molecule has 1 saturated heterocycles. The van der Waals surface area contributed by atoms with Crippen molar-refractivity contribution < 1.29 is 14.3 Å². The highest BCUT2D eigenvalue weighted by molar-refractivity contribution is 5.69. The van der Waals surface area contributed by atoms with E-state index < -0.39 is 5.60 Å². The first-order valence-corrected chi connectivity index (χ1v) is 7.27. The van der Waals surface area contributed by atoms with Crippen LogP contribution >= 0.6 is 0 Å². The molecule has 0 saturated carbocycles. The fraction of sp³-hybridized carbons (Fsp3) is 0.562. The topological polar surface area (TPSA) is 64.8 Å². The third-order valence-electron chi connectivity index (χ3n) is 3.36. The normalized spacial score (nSPS) is 19.4. The molecule has 0 radical (unpaired) electrons. The van der Waals surface area contributed by atoms with Gasteiger partial charge in [0.15, 0.2) is 0 Å². The molecule has 5 nitrogen and oxygen atoms in total. The smallest absolute Gasteiger partial charge is 0.410 e. The van der Waals surface area contributed by atoms with Crippen molar-refractivity contribution in [2.45, 2.75) is 39.0 Å². The Morgan fingerprint density at radius 1 is 1.38 bits per heavy atom. The van der Waals surface area contributed by atoms with Crippen LogP contribution < -0.4 is 5.73 Å². The molecule has 1 unspecified atom stereocenters. The molecular weight excluding hydrogens is 268 g/mol. The van der Waals surface area contributed by atoms with Gasteiger partial charge in [-0.2, -0.15) is 0 Å². The molecule has 0 aliphatic carbocycles. The number of nitrogens with two attached hydrogens (primary N) is 1. The second-order valence-electron chi connectivity index (χ2n) is 6.21. The summed E-state index contributed by atoms with van der Waals surface area (Å²) in [6.07, 6.45) is -0.293. The summed E-state index contributed by atoms with van der Waals surface area (Å²) in [5.41, 5.74) is 7.23. The monoisotopic (exact) mass is 292 g/mol. The zero-order chi connectivity index (χ0) is 15.5. The van der Waals surface area contributed by atoms with Gasteiger partial charge in [0.2, 0.25) is 0 Å². The average molecular weight is 292 g/mol. The van der Waals surface area contributed by atoms with E-state index in [0.717, 1.165) is 11.1 Å². The Labute approximate surface area is 126 Å². The van der Waals surface area contributed by atoms with Gasteiger partial charge in [-0.25, -0.2) is 4.79 Å². The molecule has 2 N–H and O–H groups in total. The molecule has 1 atom stereocenters. The molecule has 0 bridgehead atoms. The van der Waals surface area contributed by atoms with Crippen LogP contribution in [0.1, 0.15) is 37.9 Å². The third-order valence-corrected chi connectivity index (χ3v) is 3.36. The molecular formula is C16H24N2O3. The first kappa shape index (κ1) is 15.8. The fourth-order valence-electron chi connectivity index (χ4n) is 2.29. The quantitative estimate of drug-likeness (QED) is 0.909. The number of ether oxygens (including phenoxy) is 2. The summed E-state index contributed by atoms with van der Waals surface area (Å²) < 4.78 is 11.0. The van der Waals surface area contributed by atoms with Crippen LogP contribution in [0.5, 0.6) is 0 Å². The van der Waals surface area contributed by atoms with Crippen LogP contribution in [-0.4, -0.2) is 36.4 Å². The van der Waals surface area contributed by atoms with Gasteiger partial charge in [0, 0.05) is 13.1 Å². The Bertz CT molecular complexity index is 479. The van der Waals surface area contributed by atoms with Gasteiger partial charge in [0.25, 0.3) is 0 Å². The zero-order valence-electron chi connectivity index (χ0n) is 13.0. The van der Waals surface area contributed by atoms with Crippen molar-refractivity contribution in [3.05, 3.63) is 35.4 Å². The fourth-order valence-corrected chi connectivity index (χ4v) is 2.29. The summed E-state index contributed by atoms with van der Waals surface area (Å²) in [6, 6.07) is 7.85. The van der Waals surface area contributed by atoms with Crippen LogP contribution in [0, 0.1) is 0 Å². The van der Waals surface area contributed by atoms with Gasteiger partial charge in [-0.3, -0.25) is 4.90 Å². The maximum Gasteiger partial charge on any atom is 0.410 e. The molecule has 1 aliphatic rings. The molecule has 116 valence electrons. The van der Waals surface area contributed by atoms with Crippen molar-refractivity contribution in [2.24, 2.45) is 5.73 Å². The summed E-state index contributed by atoms with van der Waals surface area (Å²) in [5.74, 6) is 0. The molecule has 1 fully saturated rings. The van der Waals surface area contributed by atoms with Crippen molar-refractivity contribution in [2.75, 3.05) is 19.8 Å². The van der Waals surface area contributed by atoms with E-state index in [1.165, 1.54) is 0 Å². The maximum absolute atomic E-state index is 12.3. The van der Waals surface area contributed by atoms with Gasteiger partial charge >= 0.3 is 6.09 Å². The summed E-state index contributed by atoms with van der Waals surface area (Å²) >= 11 is 0. The molecule has 1 aromatic carbocycles. The molecule has 1 amide bonds. The summed E-state index contributed by atoms with van der Waals surface area (Å²) in [6.45, 7) is 7.69. The van der Waals surface area contributed by atoms with Gasteiger partial charge in [-0.05, 0) is 31.9 Å². The van der Waals surface area contributed by atoms with Crippen LogP contribution in [0.3, 0.4) is 0 Å². The third kappa shape index (κ3) is 4.19. The highest BCUT2D eigenvalue weighted by Crippen LogP contribution is 2.26. The van der Waals surface area contributed by atoms with Gasteiger partial charge in [0.1, 0.15) is 5.60 Å². The molecule has 1 heterocycles. The van der Waals surface area contributed by atoms with Crippen LogP contribution in [0.2, 0.25) is 0 Å². The lowest BCUT2D eigenvalue weighted by molar-refractivity contribution is -0.0331. The number of benzene rings is 1. The van der Waals surface area contributed by atoms with E-state index >= 15 is 0 Å². The highest BCUT2D eigenvalue weighted by atomic mass is 16.6. The minimum Gasteiger partial charge on any atom is -0.444 e. The average Bonchev–Trinajstić information content (AvgIpc) is 2.45. The maximum atomic E-state index is 12.3. The number of nitrogens with zero attached hydrogens (tertiary/aromatic N) is 1.